The van der Waals surface area contributed by atoms with Gasteiger partial charge in [0.05, 0.1) is 13.2 Å². The van der Waals surface area contributed by atoms with Crippen LogP contribution in [0.25, 0.3) is 11.2 Å². The summed E-state index contributed by atoms with van der Waals surface area (Å²) in [6.45, 7) is 7.44. The number of thioether (sulfide) groups is 1. The van der Waals surface area contributed by atoms with Crippen molar-refractivity contribution in [1.29, 1.82) is 0 Å². The highest BCUT2D eigenvalue weighted by Crippen LogP contribution is 2.29. The molecule has 0 radical (unpaired) electrons. The summed E-state index contributed by atoms with van der Waals surface area (Å²) < 4.78 is 7.62. The first-order chi connectivity index (χ1) is 13.7. The molecule has 0 aliphatic carbocycles. The van der Waals surface area contributed by atoms with Crippen molar-refractivity contribution in [3.05, 3.63) is 41.2 Å². The highest BCUT2D eigenvalue weighted by molar-refractivity contribution is 7.98. The van der Waals surface area contributed by atoms with Crippen molar-refractivity contribution in [2.45, 2.75) is 37.6 Å². The molecule has 7 heteroatoms. The minimum absolute atomic E-state index is 0.727. The van der Waals surface area contributed by atoms with Gasteiger partial charge < -0.3 is 14.2 Å². The summed E-state index contributed by atoms with van der Waals surface area (Å²) in [6.07, 6.45) is 1.94. The summed E-state index contributed by atoms with van der Waals surface area (Å²) in [7, 11) is 2.04. The van der Waals surface area contributed by atoms with Crippen molar-refractivity contribution in [1.82, 2.24) is 19.5 Å². The number of benzene rings is 1. The lowest BCUT2D eigenvalue weighted by Crippen LogP contribution is -2.37. The van der Waals surface area contributed by atoms with Crippen LogP contribution in [-0.4, -0.2) is 45.8 Å². The van der Waals surface area contributed by atoms with Gasteiger partial charge in [-0.3, -0.25) is 0 Å². The number of anilines is 1. The first-order valence-electron chi connectivity index (χ1n) is 9.96. The molecule has 1 aliphatic heterocycles. The molecule has 1 fully saturated rings. The largest absolute Gasteiger partial charge is 0.378 e. The molecule has 0 amide bonds. The number of aromatic nitrogens is 4. The zero-order valence-electron chi connectivity index (χ0n) is 16.8. The molecule has 1 saturated heterocycles. The van der Waals surface area contributed by atoms with Crippen molar-refractivity contribution >= 4 is 28.7 Å². The lowest BCUT2D eigenvalue weighted by Gasteiger charge is -2.28. The smallest absolute Gasteiger partial charge is 0.191 e. The molecule has 0 atom stereocenters. The summed E-state index contributed by atoms with van der Waals surface area (Å²) in [6, 6.07) is 8.81. The maximum absolute atomic E-state index is 5.52. The van der Waals surface area contributed by atoms with Crippen molar-refractivity contribution < 1.29 is 4.74 Å². The molecule has 0 N–H and O–H groups in total. The van der Waals surface area contributed by atoms with Gasteiger partial charge in [-0.1, -0.05) is 49.9 Å². The number of fused-ring (bicyclic) bond motifs is 1. The summed E-state index contributed by atoms with van der Waals surface area (Å²) >= 11 is 1.68. The topological polar surface area (TPSA) is 56.1 Å². The number of imidazole rings is 1. The van der Waals surface area contributed by atoms with E-state index in [0.29, 0.717) is 0 Å². The monoisotopic (exact) mass is 397 g/mol. The zero-order valence-corrected chi connectivity index (χ0v) is 17.6. The fourth-order valence-electron chi connectivity index (χ4n) is 3.47. The maximum Gasteiger partial charge on any atom is 0.191 e. The average Bonchev–Trinajstić information content (AvgIpc) is 3.08. The van der Waals surface area contributed by atoms with Gasteiger partial charge >= 0.3 is 0 Å². The van der Waals surface area contributed by atoms with E-state index in [4.69, 9.17) is 19.7 Å². The maximum atomic E-state index is 5.52. The Kier molecular flexibility index (Phi) is 5.82. The molecule has 0 spiro atoms. The van der Waals surface area contributed by atoms with Crippen LogP contribution in [0, 0.1) is 0 Å². The van der Waals surface area contributed by atoms with Crippen molar-refractivity contribution in [2.24, 2.45) is 7.05 Å². The van der Waals surface area contributed by atoms with Gasteiger partial charge in [0, 0.05) is 32.3 Å². The van der Waals surface area contributed by atoms with Crippen LogP contribution in [0.5, 0.6) is 0 Å². The number of morpholine rings is 1. The van der Waals surface area contributed by atoms with Gasteiger partial charge in [-0.15, -0.1) is 0 Å². The molecule has 2 aromatic heterocycles. The van der Waals surface area contributed by atoms with E-state index in [0.717, 1.165) is 72.9 Å². The molecular weight excluding hydrogens is 370 g/mol. The third kappa shape index (κ3) is 3.86. The molecule has 148 valence electrons. The highest BCUT2D eigenvalue weighted by Gasteiger charge is 2.21. The predicted molar refractivity (Wildman–Crippen MR) is 114 cm³/mol. The number of hydrogen-bond acceptors (Lipinski definition) is 6. The Morgan fingerprint density at radius 3 is 2.36 bits per heavy atom. The van der Waals surface area contributed by atoms with Gasteiger partial charge in [0.25, 0.3) is 0 Å². The molecule has 1 aliphatic rings. The number of hydrogen-bond donors (Lipinski definition) is 0. The van der Waals surface area contributed by atoms with Crippen LogP contribution in [0.2, 0.25) is 0 Å². The predicted octanol–water partition coefficient (Wildman–Crippen LogP) is 3.62. The Morgan fingerprint density at radius 1 is 0.964 bits per heavy atom. The van der Waals surface area contributed by atoms with Crippen LogP contribution < -0.4 is 4.90 Å². The number of nitrogens with zero attached hydrogens (tertiary/aromatic N) is 5. The summed E-state index contributed by atoms with van der Waals surface area (Å²) in [5.74, 6) is 2.83. The summed E-state index contributed by atoms with van der Waals surface area (Å²) in [5, 5.41) is 0.805. The van der Waals surface area contributed by atoms with Crippen LogP contribution >= 0.6 is 11.8 Å². The van der Waals surface area contributed by atoms with Crippen LogP contribution in [0.1, 0.15) is 30.8 Å². The van der Waals surface area contributed by atoms with E-state index < -0.39 is 0 Å². The fourth-order valence-corrected chi connectivity index (χ4v) is 4.26. The quantitative estimate of drug-likeness (QED) is 0.468. The van der Waals surface area contributed by atoms with Crippen molar-refractivity contribution in [3.63, 3.8) is 0 Å². The SMILES string of the molecule is CCc1ccc(CSc2nc(N3CCOCC3)c3nc(CC)n(C)c3n2)cc1. The molecule has 28 heavy (non-hydrogen) atoms. The van der Waals surface area contributed by atoms with Gasteiger partial charge in [0.1, 0.15) is 5.82 Å². The number of rotatable bonds is 6. The van der Waals surface area contributed by atoms with Gasteiger partial charge in [-0.25, -0.2) is 15.0 Å². The standard InChI is InChI=1S/C21H27N5OS/c1-4-15-6-8-16(9-7-15)14-28-21-23-19-18(22-17(5-2)25(19)3)20(24-21)26-10-12-27-13-11-26/h6-9H,4-5,10-14H2,1-3H3. The number of ether oxygens (including phenoxy) is 1. The van der Waals surface area contributed by atoms with Gasteiger partial charge in [0.15, 0.2) is 22.1 Å². The highest BCUT2D eigenvalue weighted by atomic mass is 32.2. The Bertz CT molecular complexity index is 948. The minimum atomic E-state index is 0.727. The Balaban J connectivity index is 1.66. The van der Waals surface area contributed by atoms with Crippen LogP contribution in [0.4, 0.5) is 5.82 Å². The second kappa shape index (κ2) is 8.49. The van der Waals surface area contributed by atoms with Crippen molar-refractivity contribution in [2.75, 3.05) is 31.2 Å². The first-order valence-corrected chi connectivity index (χ1v) is 10.9. The molecule has 1 aromatic carbocycles. The number of aryl methyl sites for hydroxylation is 3. The normalized spacial score (nSPS) is 14.8. The first kappa shape index (κ1) is 19.2. The summed E-state index contributed by atoms with van der Waals surface area (Å²) in [5.41, 5.74) is 4.47. The third-order valence-electron chi connectivity index (χ3n) is 5.20. The van der Waals surface area contributed by atoms with E-state index >= 15 is 0 Å². The van der Waals surface area contributed by atoms with E-state index in [-0.39, 0.29) is 0 Å². The molecule has 3 aromatic rings. The molecule has 0 bridgehead atoms. The fraction of sp³-hybridized carbons (Fsp3) is 0.476. The van der Waals surface area contributed by atoms with Gasteiger partial charge in [-0.2, -0.15) is 0 Å². The molecule has 0 unspecified atom stereocenters. The molecule has 4 rings (SSSR count). The average molecular weight is 398 g/mol. The van der Waals surface area contributed by atoms with Gasteiger partial charge in [0.2, 0.25) is 0 Å². The van der Waals surface area contributed by atoms with Gasteiger partial charge in [-0.05, 0) is 17.5 Å². The second-order valence-corrected chi connectivity index (χ2v) is 7.94. The molecule has 3 heterocycles. The molecule has 0 saturated carbocycles. The van der Waals surface area contributed by atoms with E-state index in [9.17, 15) is 0 Å². The lowest BCUT2D eigenvalue weighted by atomic mass is 10.1. The minimum Gasteiger partial charge on any atom is -0.378 e. The van der Waals surface area contributed by atoms with Crippen LogP contribution in [0.3, 0.4) is 0 Å². The Labute approximate surface area is 170 Å². The van der Waals surface area contributed by atoms with Crippen molar-refractivity contribution in [3.8, 4) is 0 Å². The van der Waals surface area contributed by atoms with Crippen LogP contribution in [0.15, 0.2) is 29.4 Å². The Morgan fingerprint density at radius 2 is 1.68 bits per heavy atom. The van der Waals surface area contributed by atoms with Crippen LogP contribution in [-0.2, 0) is 30.4 Å². The third-order valence-corrected chi connectivity index (χ3v) is 6.12. The zero-order chi connectivity index (χ0) is 19.5. The molecule has 6 nitrogen and oxygen atoms in total. The second-order valence-electron chi connectivity index (χ2n) is 7.00. The van der Waals surface area contributed by atoms with E-state index in [1.165, 1.54) is 11.1 Å². The summed E-state index contributed by atoms with van der Waals surface area (Å²) in [4.78, 5) is 16.9. The van der Waals surface area contributed by atoms with E-state index in [1.807, 2.05) is 7.05 Å². The van der Waals surface area contributed by atoms with E-state index in [2.05, 4.69) is 47.6 Å². The van der Waals surface area contributed by atoms with E-state index in [1.54, 1.807) is 11.8 Å². The lowest BCUT2D eigenvalue weighted by molar-refractivity contribution is 0.122. The molecular formula is C21H27N5OS. The Hall–Kier alpha value is -2.12.